The second-order valence-electron chi connectivity index (χ2n) is 8.97. The highest BCUT2D eigenvalue weighted by Gasteiger charge is 2.18. The molecule has 1 fully saturated rings. The summed E-state index contributed by atoms with van der Waals surface area (Å²) < 4.78 is 5.45. The molecule has 33 heavy (non-hydrogen) atoms. The Morgan fingerprint density at radius 1 is 0.970 bits per heavy atom. The van der Waals surface area contributed by atoms with Crippen LogP contribution in [-0.2, 0) is 19.6 Å². The van der Waals surface area contributed by atoms with E-state index in [0.717, 1.165) is 62.4 Å². The molecule has 4 rings (SSSR count). The van der Waals surface area contributed by atoms with Gasteiger partial charge in [-0.1, -0.05) is 24.3 Å². The zero-order chi connectivity index (χ0) is 23.2. The van der Waals surface area contributed by atoms with Crippen molar-refractivity contribution in [1.82, 2.24) is 14.8 Å². The molecule has 6 nitrogen and oxygen atoms in total. The van der Waals surface area contributed by atoms with Crippen molar-refractivity contribution in [3.05, 3.63) is 70.7 Å². The zero-order valence-electron chi connectivity index (χ0n) is 20.2. The molecule has 0 saturated carbocycles. The number of likely N-dealkylation sites (N-methyl/N-ethyl adjacent to an activating group) is 1. The zero-order valence-corrected chi connectivity index (χ0v) is 21.0. The van der Waals surface area contributed by atoms with E-state index in [1.807, 2.05) is 6.07 Å². The van der Waals surface area contributed by atoms with Gasteiger partial charge in [0, 0.05) is 71.0 Å². The Labute approximate surface area is 202 Å². The summed E-state index contributed by atoms with van der Waals surface area (Å²) in [7, 11) is 8.08. The molecule has 0 amide bonds. The predicted octanol–water partition coefficient (Wildman–Crippen LogP) is 4.17. The molecular formula is C26H35N5OS. The van der Waals surface area contributed by atoms with E-state index in [2.05, 4.69) is 88.6 Å². The lowest BCUT2D eigenvalue weighted by Crippen LogP contribution is -2.43. The molecule has 0 aliphatic carbocycles. The number of rotatable bonds is 9. The third-order valence-electron chi connectivity index (χ3n) is 6.10. The van der Waals surface area contributed by atoms with Crippen molar-refractivity contribution in [3.63, 3.8) is 0 Å². The lowest BCUT2D eigenvalue weighted by Gasteiger charge is -2.31. The first-order valence-electron chi connectivity index (χ1n) is 11.5. The average molecular weight is 466 g/mol. The van der Waals surface area contributed by atoms with Crippen LogP contribution in [0.1, 0.15) is 16.8 Å². The fourth-order valence-electron chi connectivity index (χ4n) is 4.08. The summed E-state index contributed by atoms with van der Waals surface area (Å²) in [5, 5.41) is 3.29. The van der Waals surface area contributed by atoms with Crippen LogP contribution in [0.4, 0.5) is 10.8 Å². The minimum Gasteiger partial charge on any atom is -0.497 e. The molecule has 1 aliphatic heterocycles. The van der Waals surface area contributed by atoms with Gasteiger partial charge in [-0.05, 0) is 42.4 Å². The molecule has 0 N–H and O–H groups in total. The molecule has 2 heterocycles. The molecule has 1 saturated heterocycles. The highest BCUT2D eigenvalue weighted by Crippen LogP contribution is 2.27. The minimum absolute atomic E-state index is 0.783. The molecule has 7 heteroatoms. The number of piperazine rings is 1. The van der Waals surface area contributed by atoms with Gasteiger partial charge in [0.1, 0.15) is 5.75 Å². The molecular weight excluding hydrogens is 430 g/mol. The van der Waals surface area contributed by atoms with Crippen LogP contribution in [0.5, 0.6) is 5.75 Å². The topological polar surface area (TPSA) is 35.1 Å². The van der Waals surface area contributed by atoms with Crippen LogP contribution < -0.4 is 14.5 Å². The van der Waals surface area contributed by atoms with Gasteiger partial charge in [0.25, 0.3) is 0 Å². The highest BCUT2D eigenvalue weighted by molar-refractivity contribution is 7.13. The SMILES string of the molecule is COc1cccc(CN(Cc2cccc(N(C)C)c2)c2nc(CN3CCN(C)CC3)cs2)c1. The van der Waals surface area contributed by atoms with Gasteiger partial charge in [-0.3, -0.25) is 4.90 Å². The lowest BCUT2D eigenvalue weighted by molar-refractivity contribution is 0.147. The van der Waals surface area contributed by atoms with Gasteiger partial charge in [-0.15, -0.1) is 11.3 Å². The van der Waals surface area contributed by atoms with E-state index in [4.69, 9.17) is 9.72 Å². The summed E-state index contributed by atoms with van der Waals surface area (Å²) in [6.45, 7) is 6.98. The van der Waals surface area contributed by atoms with E-state index in [0.29, 0.717) is 0 Å². The smallest absolute Gasteiger partial charge is 0.186 e. The summed E-state index contributed by atoms with van der Waals surface area (Å²) in [6.07, 6.45) is 0. The Bertz CT molecular complexity index is 1030. The van der Waals surface area contributed by atoms with Crippen molar-refractivity contribution in [1.29, 1.82) is 0 Å². The van der Waals surface area contributed by atoms with Gasteiger partial charge >= 0.3 is 0 Å². The number of methoxy groups -OCH3 is 1. The van der Waals surface area contributed by atoms with Crippen molar-refractivity contribution < 1.29 is 4.74 Å². The summed E-state index contributed by atoms with van der Waals surface area (Å²) in [4.78, 5) is 14.5. The van der Waals surface area contributed by atoms with Gasteiger partial charge in [-0.2, -0.15) is 0 Å². The third-order valence-corrected chi connectivity index (χ3v) is 7.05. The first kappa shape index (κ1) is 23.5. The van der Waals surface area contributed by atoms with E-state index >= 15 is 0 Å². The van der Waals surface area contributed by atoms with Gasteiger partial charge < -0.3 is 19.4 Å². The van der Waals surface area contributed by atoms with Crippen LogP contribution in [0.15, 0.2) is 53.9 Å². The van der Waals surface area contributed by atoms with Crippen LogP contribution in [0.2, 0.25) is 0 Å². The second kappa shape index (κ2) is 11.0. The Balaban J connectivity index is 1.54. The van der Waals surface area contributed by atoms with Crippen molar-refractivity contribution in [2.24, 2.45) is 0 Å². The predicted molar refractivity (Wildman–Crippen MR) is 139 cm³/mol. The molecule has 3 aromatic rings. The number of aromatic nitrogens is 1. The number of anilines is 2. The Hall–Kier alpha value is -2.61. The number of benzene rings is 2. The molecule has 176 valence electrons. The molecule has 0 bridgehead atoms. The highest BCUT2D eigenvalue weighted by atomic mass is 32.1. The van der Waals surface area contributed by atoms with Gasteiger partial charge in [0.15, 0.2) is 5.13 Å². The normalized spacial score (nSPS) is 14.9. The Kier molecular flexibility index (Phi) is 7.85. The van der Waals surface area contributed by atoms with E-state index in [9.17, 15) is 0 Å². The first-order valence-corrected chi connectivity index (χ1v) is 12.4. The molecule has 0 radical (unpaired) electrons. The van der Waals surface area contributed by atoms with E-state index in [-0.39, 0.29) is 0 Å². The number of ether oxygens (including phenoxy) is 1. The van der Waals surface area contributed by atoms with Crippen LogP contribution in [0.3, 0.4) is 0 Å². The monoisotopic (exact) mass is 465 g/mol. The van der Waals surface area contributed by atoms with Gasteiger partial charge in [-0.25, -0.2) is 4.98 Å². The van der Waals surface area contributed by atoms with E-state index in [1.165, 1.54) is 16.8 Å². The fourth-order valence-corrected chi connectivity index (χ4v) is 4.90. The fraction of sp³-hybridized carbons (Fsp3) is 0.423. The Morgan fingerprint density at radius 3 is 2.36 bits per heavy atom. The van der Waals surface area contributed by atoms with E-state index in [1.54, 1.807) is 18.4 Å². The van der Waals surface area contributed by atoms with Crippen LogP contribution in [0, 0.1) is 0 Å². The number of hydrogen-bond acceptors (Lipinski definition) is 7. The van der Waals surface area contributed by atoms with Crippen molar-refractivity contribution >= 4 is 22.2 Å². The Morgan fingerprint density at radius 2 is 1.67 bits per heavy atom. The number of nitrogens with zero attached hydrogens (tertiary/aromatic N) is 5. The molecule has 0 spiro atoms. The molecule has 1 aliphatic rings. The van der Waals surface area contributed by atoms with Gasteiger partial charge in [0.2, 0.25) is 0 Å². The maximum atomic E-state index is 5.45. The van der Waals surface area contributed by atoms with Gasteiger partial charge in [0.05, 0.1) is 12.8 Å². The quantitative estimate of drug-likeness (QED) is 0.472. The summed E-state index contributed by atoms with van der Waals surface area (Å²) in [6, 6.07) is 17.1. The molecule has 2 aromatic carbocycles. The largest absolute Gasteiger partial charge is 0.497 e. The van der Waals surface area contributed by atoms with Crippen LogP contribution in [0.25, 0.3) is 0 Å². The average Bonchev–Trinajstić information content (AvgIpc) is 3.29. The maximum absolute atomic E-state index is 5.45. The summed E-state index contributed by atoms with van der Waals surface area (Å²) in [5.41, 5.74) is 4.87. The molecule has 0 unspecified atom stereocenters. The first-order chi connectivity index (χ1) is 16.0. The standard InChI is InChI=1S/C26H35N5OS/c1-28(2)24-9-5-7-21(15-24)17-31(18-22-8-6-10-25(16-22)32-4)26-27-23(20-33-26)19-30-13-11-29(3)12-14-30/h5-10,15-16,20H,11-14,17-19H2,1-4H3. The van der Waals surface area contributed by atoms with Crippen molar-refractivity contribution in [3.8, 4) is 5.75 Å². The number of thiazole rings is 1. The number of hydrogen-bond donors (Lipinski definition) is 0. The van der Waals surface area contributed by atoms with Crippen LogP contribution in [-0.4, -0.2) is 69.2 Å². The maximum Gasteiger partial charge on any atom is 0.186 e. The molecule has 0 atom stereocenters. The lowest BCUT2D eigenvalue weighted by atomic mass is 10.1. The van der Waals surface area contributed by atoms with E-state index < -0.39 is 0 Å². The van der Waals surface area contributed by atoms with Crippen molar-refractivity contribution in [2.45, 2.75) is 19.6 Å². The molecule has 1 aromatic heterocycles. The van der Waals surface area contributed by atoms with Crippen LogP contribution >= 0.6 is 11.3 Å². The summed E-state index contributed by atoms with van der Waals surface area (Å²) >= 11 is 1.74. The van der Waals surface area contributed by atoms with Crippen molar-refractivity contribution in [2.75, 3.05) is 64.2 Å². The summed E-state index contributed by atoms with van der Waals surface area (Å²) in [5.74, 6) is 0.886. The minimum atomic E-state index is 0.783. The second-order valence-corrected chi connectivity index (χ2v) is 9.81. The third kappa shape index (κ3) is 6.47.